The Morgan fingerprint density at radius 1 is 1.29 bits per heavy atom. The van der Waals surface area contributed by atoms with Gasteiger partial charge in [0.25, 0.3) is 0 Å². The minimum absolute atomic E-state index is 0.0675. The molecule has 4 N–H and O–H groups in total. The second-order valence-electron chi connectivity index (χ2n) is 3.64. The fourth-order valence-electron chi connectivity index (χ4n) is 1.26. The van der Waals surface area contributed by atoms with Crippen LogP contribution in [0.25, 0.3) is 0 Å². The maximum absolute atomic E-state index is 12.0. The molecular formula is C10H16N4O2S. The number of benzene rings is 1. The van der Waals surface area contributed by atoms with Gasteiger partial charge >= 0.3 is 0 Å². The molecule has 17 heavy (non-hydrogen) atoms. The maximum Gasteiger partial charge on any atom is 0.242 e. The average Bonchev–Trinajstić information content (AvgIpc) is 2.26. The Bertz CT molecular complexity index is 519. The first-order valence-corrected chi connectivity index (χ1v) is 6.35. The van der Waals surface area contributed by atoms with Gasteiger partial charge in [-0.05, 0) is 11.6 Å². The van der Waals surface area contributed by atoms with Gasteiger partial charge in [0.1, 0.15) is 0 Å². The minimum atomic E-state index is -3.47. The molecule has 0 spiro atoms. The summed E-state index contributed by atoms with van der Waals surface area (Å²) in [5.41, 5.74) is 11.0. The molecule has 0 bridgehead atoms. The monoisotopic (exact) mass is 256 g/mol. The number of hydrogen-bond donors (Lipinski definition) is 2. The van der Waals surface area contributed by atoms with Gasteiger partial charge in [0.15, 0.2) is 5.96 Å². The van der Waals surface area contributed by atoms with Crippen molar-refractivity contribution in [3.63, 3.8) is 0 Å². The molecule has 7 heteroatoms. The number of nitrogens with zero attached hydrogens (tertiary/aromatic N) is 2. The number of aliphatic imine (C=N–C) groups is 1. The van der Waals surface area contributed by atoms with Crippen LogP contribution in [0.15, 0.2) is 34.2 Å². The molecule has 0 aromatic heterocycles. The van der Waals surface area contributed by atoms with E-state index in [-0.39, 0.29) is 17.4 Å². The standard InChI is InChI=1S/C10H16N4O2S/c1-14(2)17(15,16)9-6-4-3-5-8(9)7-13-10(11)12/h3-6H,7H2,1-2H3,(H4,11,12,13). The molecule has 0 saturated carbocycles. The van der Waals surface area contributed by atoms with Crippen LogP contribution in [0.1, 0.15) is 5.56 Å². The Kier molecular flexibility index (Phi) is 4.08. The Labute approximate surface area is 101 Å². The van der Waals surface area contributed by atoms with Crippen molar-refractivity contribution < 1.29 is 8.42 Å². The van der Waals surface area contributed by atoms with Crippen molar-refractivity contribution in [3.8, 4) is 0 Å². The minimum Gasteiger partial charge on any atom is -0.370 e. The summed E-state index contributed by atoms with van der Waals surface area (Å²) >= 11 is 0. The quantitative estimate of drug-likeness (QED) is 0.571. The van der Waals surface area contributed by atoms with Gasteiger partial charge in [-0.1, -0.05) is 18.2 Å². The summed E-state index contributed by atoms with van der Waals surface area (Å²) in [7, 11) is -0.515. The fraction of sp³-hybridized carbons (Fsp3) is 0.300. The summed E-state index contributed by atoms with van der Waals surface area (Å²) in [5, 5.41) is 0. The lowest BCUT2D eigenvalue weighted by Gasteiger charge is -2.14. The normalized spacial score (nSPS) is 11.5. The number of rotatable bonds is 4. The van der Waals surface area contributed by atoms with Crippen molar-refractivity contribution >= 4 is 16.0 Å². The van der Waals surface area contributed by atoms with Crippen LogP contribution >= 0.6 is 0 Å². The molecule has 0 heterocycles. The topological polar surface area (TPSA) is 102 Å². The van der Waals surface area contributed by atoms with Gasteiger partial charge in [0.2, 0.25) is 10.0 Å². The lowest BCUT2D eigenvalue weighted by atomic mass is 10.2. The van der Waals surface area contributed by atoms with Gasteiger partial charge in [0.05, 0.1) is 11.4 Å². The third-order valence-corrected chi connectivity index (χ3v) is 4.08. The van der Waals surface area contributed by atoms with Crippen LogP contribution in [-0.4, -0.2) is 32.8 Å². The van der Waals surface area contributed by atoms with Gasteiger partial charge in [0, 0.05) is 14.1 Å². The molecule has 0 fully saturated rings. The van der Waals surface area contributed by atoms with Crippen LogP contribution in [0.2, 0.25) is 0 Å². The van der Waals surface area contributed by atoms with Gasteiger partial charge in [-0.2, -0.15) is 0 Å². The SMILES string of the molecule is CN(C)S(=O)(=O)c1ccccc1CN=C(N)N. The van der Waals surface area contributed by atoms with Gasteiger partial charge in [-0.3, -0.25) is 0 Å². The van der Waals surface area contributed by atoms with Gasteiger partial charge in [-0.25, -0.2) is 17.7 Å². The largest absolute Gasteiger partial charge is 0.370 e. The lowest BCUT2D eigenvalue weighted by Crippen LogP contribution is -2.24. The maximum atomic E-state index is 12.0. The van der Waals surface area contributed by atoms with E-state index in [2.05, 4.69) is 4.99 Å². The first-order valence-electron chi connectivity index (χ1n) is 4.91. The predicted octanol–water partition coefficient (Wildman–Crippen LogP) is -0.290. The Balaban J connectivity index is 3.22. The van der Waals surface area contributed by atoms with Crippen molar-refractivity contribution in [1.29, 1.82) is 0 Å². The van der Waals surface area contributed by atoms with E-state index in [0.29, 0.717) is 5.56 Å². The van der Waals surface area contributed by atoms with E-state index >= 15 is 0 Å². The average molecular weight is 256 g/mol. The van der Waals surface area contributed by atoms with Crippen molar-refractivity contribution in [2.24, 2.45) is 16.5 Å². The highest BCUT2D eigenvalue weighted by molar-refractivity contribution is 7.89. The first kappa shape index (κ1) is 13.5. The molecule has 6 nitrogen and oxygen atoms in total. The zero-order chi connectivity index (χ0) is 13.1. The molecule has 0 amide bonds. The van der Waals surface area contributed by atoms with E-state index in [1.165, 1.54) is 20.2 Å². The molecule has 0 saturated heterocycles. The molecule has 1 rings (SSSR count). The molecule has 0 unspecified atom stereocenters. The summed E-state index contributed by atoms with van der Waals surface area (Å²) in [6.07, 6.45) is 0. The second-order valence-corrected chi connectivity index (χ2v) is 5.76. The van der Waals surface area contributed by atoms with Crippen LogP contribution in [0.5, 0.6) is 0 Å². The lowest BCUT2D eigenvalue weighted by molar-refractivity contribution is 0.519. The van der Waals surface area contributed by atoms with Gasteiger partial charge < -0.3 is 11.5 Å². The van der Waals surface area contributed by atoms with Crippen LogP contribution in [0, 0.1) is 0 Å². The predicted molar refractivity (Wildman–Crippen MR) is 66.8 cm³/mol. The van der Waals surface area contributed by atoms with Crippen LogP contribution < -0.4 is 11.5 Å². The Hall–Kier alpha value is -1.60. The summed E-state index contributed by atoms with van der Waals surface area (Å²) in [5.74, 6) is -0.0675. The fourth-order valence-corrected chi connectivity index (χ4v) is 2.37. The number of guanidine groups is 1. The molecule has 1 aromatic carbocycles. The van der Waals surface area contributed by atoms with E-state index in [9.17, 15) is 8.42 Å². The molecule has 0 atom stereocenters. The molecule has 94 valence electrons. The zero-order valence-corrected chi connectivity index (χ0v) is 10.6. The third-order valence-electron chi connectivity index (χ3n) is 2.16. The zero-order valence-electron chi connectivity index (χ0n) is 9.79. The first-order chi connectivity index (χ1) is 7.85. The van der Waals surface area contributed by atoms with Crippen molar-refractivity contribution in [2.75, 3.05) is 14.1 Å². The smallest absolute Gasteiger partial charge is 0.242 e. The van der Waals surface area contributed by atoms with Crippen LogP contribution in [0.4, 0.5) is 0 Å². The molecular weight excluding hydrogens is 240 g/mol. The van der Waals surface area contributed by atoms with Crippen molar-refractivity contribution in [3.05, 3.63) is 29.8 Å². The second kappa shape index (κ2) is 5.15. The summed E-state index contributed by atoms with van der Waals surface area (Å²) in [4.78, 5) is 4.04. The van der Waals surface area contributed by atoms with Crippen LogP contribution in [0.3, 0.4) is 0 Å². The summed E-state index contributed by atoms with van der Waals surface area (Å²) in [6, 6.07) is 6.62. The van der Waals surface area contributed by atoms with E-state index in [4.69, 9.17) is 11.5 Å². The molecule has 0 radical (unpaired) electrons. The van der Waals surface area contributed by atoms with E-state index < -0.39 is 10.0 Å². The highest BCUT2D eigenvalue weighted by atomic mass is 32.2. The summed E-state index contributed by atoms with van der Waals surface area (Å²) < 4.78 is 25.2. The highest BCUT2D eigenvalue weighted by Gasteiger charge is 2.20. The number of nitrogens with two attached hydrogens (primary N) is 2. The van der Waals surface area contributed by atoms with E-state index in [0.717, 1.165) is 4.31 Å². The summed E-state index contributed by atoms with van der Waals surface area (Å²) in [6.45, 7) is 0.144. The Morgan fingerprint density at radius 2 is 1.88 bits per heavy atom. The van der Waals surface area contributed by atoms with E-state index in [1.54, 1.807) is 18.2 Å². The Morgan fingerprint density at radius 3 is 2.41 bits per heavy atom. The molecule has 1 aromatic rings. The number of hydrogen-bond acceptors (Lipinski definition) is 3. The van der Waals surface area contributed by atoms with Crippen LogP contribution in [-0.2, 0) is 16.6 Å². The molecule has 0 aliphatic rings. The van der Waals surface area contributed by atoms with Crippen molar-refractivity contribution in [1.82, 2.24) is 4.31 Å². The highest BCUT2D eigenvalue weighted by Crippen LogP contribution is 2.18. The molecule has 0 aliphatic carbocycles. The molecule has 0 aliphatic heterocycles. The number of sulfonamides is 1. The van der Waals surface area contributed by atoms with E-state index in [1.807, 2.05) is 0 Å². The van der Waals surface area contributed by atoms with Gasteiger partial charge in [-0.15, -0.1) is 0 Å². The van der Waals surface area contributed by atoms with Crippen molar-refractivity contribution in [2.45, 2.75) is 11.4 Å². The third kappa shape index (κ3) is 3.18.